The second-order valence-electron chi connectivity index (χ2n) is 5.79. The first-order valence-electron chi connectivity index (χ1n) is 8.10. The van der Waals surface area contributed by atoms with E-state index >= 15 is 0 Å². The van der Waals surface area contributed by atoms with E-state index in [1.165, 1.54) is 11.1 Å². The quantitative estimate of drug-likeness (QED) is 0.487. The van der Waals surface area contributed by atoms with Crippen molar-refractivity contribution in [2.45, 2.75) is 6.92 Å². The van der Waals surface area contributed by atoms with E-state index in [-0.39, 0.29) is 0 Å². The molecule has 24 heavy (non-hydrogen) atoms. The highest BCUT2D eigenvalue weighted by molar-refractivity contribution is 5.83. The van der Waals surface area contributed by atoms with Gasteiger partial charge in [0.25, 0.3) is 0 Å². The first kappa shape index (κ1) is 14.5. The fourth-order valence-electron chi connectivity index (χ4n) is 3.07. The van der Waals surface area contributed by atoms with Gasteiger partial charge in [-0.2, -0.15) is 5.10 Å². The van der Waals surface area contributed by atoms with Crippen molar-refractivity contribution in [3.05, 3.63) is 96.7 Å². The van der Waals surface area contributed by atoms with Crippen LogP contribution in [0.2, 0.25) is 0 Å². The van der Waals surface area contributed by atoms with Crippen LogP contribution in [-0.4, -0.2) is 9.78 Å². The maximum absolute atomic E-state index is 4.94. The average Bonchev–Trinajstić information content (AvgIpc) is 3.01. The van der Waals surface area contributed by atoms with Crippen molar-refractivity contribution in [3.63, 3.8) is 0 Å². The minimum atomic E-state index is 1.02. The first-order chi connectivity index (χ1) is 11.8. The molecule has 116 valence electrons. The maximum Gasteiger partial charge on any atom is 0.101 e. The molecule has 0 atom stereocenters. The van der Waals surface area contributed by atoms with E-state index in [1.54, 1.807) is 0 Å². The van der Waals surface area contributed by atoms with Crippen LogP contribution in [0.4, 0.5) is 0 Å². The van der Waals surface area contributed by atoms with Gasteiger partial charge < -0.3 is 0 Å². The molecule has 0 saturated heterocycles. The minimum absolute atomic E-state index is 1.02. The summed E-state index contributed by atoms with van der Waals surface area (Å²) in [7, 11) is 0. The molecule has 0 radical (unpaired) electrons. The zero-order valence-corrected chi connectivity index (χ0v) is 13.6. The molecule has 1 aromatic heterocycles. The molecule has 0 N–H and O–H groups in total. The summed E-state index contributed by atoms with van der Waals surface area (Å²) in [5.41, 5.74) is 6.75. The molecule has 0 amide bonds. The highest BCUT2D eigenvalue weighted by Crippen LogP contribution is 2.35. The molecule has 0 aliphatic heterocycles. The van der Waals surface area contributed by atoms with E-state index in [9.17, 15) is 0 Å². The van der Waals surface area contributed by atoms with Crippen LogP contribution in [-0.2, 0) is 0 Å². The standard InChI is InChI=1S/C22H18N2/c1-17-21(18-11-5-2-6-12-18)22(19-13-7-3-8-14-19)23-24(17)20-15-9-4-10-16-20/h2-16H,1H3. The molecular weight excluding hydrogens is 292 g/mol. The first-order valence-corrected chi connectivity index (χ1v) is 8.10. The van der Waals surface area contributed by atoms with E-state index in [0.717, 1.165) is 22.6 Å². The van der Waals surface area contributed by atoms with Crippen LogP contribution in [0, 0.1) is 6.92 Å². The van der Waals surface area contributed by atoms with Crippen molar-refractivity contribution in [1.82, 2.24) is 9.78 Å². The van der Waals surface area contributed by atoms with Gasteiger partial charge in [0, 0.05) is 16.8 Å². The summed E-state index contributed by atoms with van der Waals surface area (Å²) in [4.78, 5) is 0. The van der Waals surface area contributed by atoms with Gasteiger partial charge in [-0.05, 0) is 24.6 Å². The summed E-state index contributed by atoms with van der Waals surface area (Å²) in [6.07, 6.45) is 0. The van der Waals surface area contributed by atoms with Crippen LogP contribution in [0.1, 0.15) is 5.69 Å². The largest absolute Gasteiger partial charge is 0.237 e. The summed E-state index contributed by atoms with van der Waals surface area (Å²) in [6, 6.07) is 31.1. The monoisotopic (exact) mass is 310 g/mol. The molecule has 0 saturated carbocycles. The molecule has 0 bridgehead atoms. The van der Waals surface area contributed by atoms with Gasteiger partial charge in [-0.1, -0.05) is 78.9 Å². The van der Waals surface area contributed by atoms with Gasteiger partial charge in [-0.25, -0.2) is 4.68 Å². The van der Waals surface area contributed by atoms with Crippen LogP contribution in [0.3, 0.4) is 0 Å². The highest BCUT2D eigenvalue weighted by Gasteiger charge is 2.18. The van der Waals surface area contributed by atoms with Gasteiger partial charge in [0.05, 0.1) is 5.69 Å². The number of hydrogen-bond acceptors (Lipinski definition) is 1. The molecule has 3 aromatic carbocycles. The van der Waals surface area contributed by atoms with Crippen molar-refractivity contribution in [2.24, 2.45) is 0 Å². The minimum Gasteiger partial charge on any atom is -0.237 e. The third kappa shape index (κ3) is 2.52. The predicted molar refractivity (Wildman–Crippen MR) is 99.2 cm³/mol. The lowest BCUT2D eigenvalue weighted by molar-refractivity contribution is 0.850. The molecule has 2 heteroatoms. The maximum atomic E-state index is 4.94. The number of para-hydroxylation sites is 1. The van der Waals surface area contributed by atoms with Crippen molar-refractivity contribution in [1.29, 1.82) is 0 Å². The molecule has 0 spiro atoms. The Morgan fingerprint density at radius 2 is 1.12 bits per heavy atom. The lowest BCUT2D eigenvalue weighted by Gasteiger charge is -2.05. The van der Waals surface area contributed by atoms with Gasteiger partial charge in [-0.3, -0.25) is 0 Å². The number of nitrogens with zero attached hydrogens (tertiary/aromatic N) is 2. The van der Waals surface area contributed by atoms with E-state index in [2.05, 4.69) is 67.6 Å². The smallest absolute Gasteiger partial charge is 0.101 e. The Kier molecular flexibility index (Phi) is 3.72. The molecule has 4 rings (SSSR count). The second-order valence-corrected chi connectivity index (χ2v) is 5.79. The number of aromatic nitrogens is 2. The van der Waals surface area contributed by atoms with Crippen molar-refractivity contribution in [3.8, 4) is 28.1 Å². The Morgan fingerprint density at radius 1 is 0.625 bits per heavy atom. The van der Waals surface area contributed by atoms with Crippen LogP contribution in [0.15, 0.2) is 91.0 Å². The third-order valence-electron chi connectivity index (χ3n) is 4.23. The van der Waals surface area contributed by atoms with Crippen molar-refractivity contribution >= 4 is 0 Å². The molecule has 0 aliphatic carbocycles. The van der Waals surface area contributed by atoms with E-state index in [0.29, 0.717) is 0 Å². The highest BCUT2D eigenvalue weighted by atomic mass is 15.3. The molecular formula is C22H18N2. The number of rotatable bonds is 3. The SMILES string of the molecule is Cc1c(-c2ccccc2)c(-c2ccccc2)nn1-c1ccccc1. The lowest BCUT2D eigenvalue weighted by atomic mass is 9.99. The molecule has 0 aliphatic rings. The van der Waals surface area contributed by atoms with Gasteiger partial charge in [0.15, 0.2) is 0 Å². The topological polar surface area (TPSA) is 17.8 Å². The Hall–Kier alpha value is -3.13. The normalized spacial score (nSPS) is 10.7. The zero-order valence-electron chi connectivity index (χ0n) is 13.6. The molecule has 0 unspecified atom stereocenters. The van der Waals surface area contributed by atoms with Crippen LogP contribution >= 0.6 is 0 Å². The van der Waals surface area contributed by atoms with E-state index < -0.39 is 0 Å². The van der Waals surface area contributed by atoms with Crippen LogP contribution in [0.5, 0.6) is 0 Å². The van der Waals surface area contributed by atoms with Gasteiger partial charge in [0.1, 0.15) is 5.69 Å². The lowest BCUT2D eigenvalue weighted by Crippen LogP contribution is -1.98. The fraction of sp³-hybridized carbons (Fsp3) is 0.0455. The van der Waals surface area contributed by atoms with Gasteiger partial charge in [-0.15, -0.1) is 0 Å². The average molecular weight is 310 g/mol. The number of benzene rings is 3. The summed E-state index contributed by atoms with van der Waals surface area (Å²) in [5, 5.41) is 4.94. The van der Waals surface area contributed by atoms with Crippen molar-refractivity contribution < 1.29 is 0 Å². The van der Waals surface area contributed by atoms with Crippen molar-refractivity contribution in [2.75, 3.05) is 0 Å². The Balaban J connectivity index is 1.99. The Bertz CT molecular complexity index is 939. The third-order valence-corrected chi connectivity index (χ3v) is 4.23. The fourth-order valence-corrected chi connectivity index (χ4v) is 3.07. The van der Waals surface area contributed by atoms with Crippen LogP contribution in [0.25, 0.3) is 28.1 Å². The van der Waals surface area contributed by atoms with Crippen LogP contribution < -0.4 is 0 Å². The molecule has 4 aromatic rings. The Labute approximate surface area is 142 Å². The Morgan fingerprint density at radius 3 is 1.71 bits per heavy atom. The zero-order chi connectivity index (χ0) is 16.4. The molecule has 1 heterocycles. The number of hydrogen-bond donors (Lipinski definition) is 0. The molecule has 2 nitrogen and oxygen atoms in total. The second kappa shape index (κ2) is 6.17. The predicted octanol–water partition coefficient (Wildman–Crippen LogP) is 5.51. The van der Waals surface area contributed by atoms with Gasteiger partial charge >= 0.3 is 0 Å². The summed E-state index contributed by atoms with van der Waals surface area (Å²) in [5.74, 6) is 0. The van der Waals surface area contributed by atoms with E-state index in [1.807, 2.05) is 35.0 Å². The van der Waals surface area contributed by atoms with E-state index in [4.69, 9.17) is 5.10 Å². The van der Waals surface area contributed by atoms with Gasteiger partial charge in [0.2, 0.25) is 0 Å². The summed E-state index contributed by atoms with van der Waals surface area (Å²) < 4.78 is 2.03. The summed E-state index contributed by atoms with van der Waals surface area (Å²) >= 11 is 0. The summed E-state index contributed by atoms with van der Waals surface area (Å²) in [6.45, 7) is 2.13. The molecule has 0 fully saturated rings.